The van der Waals surface area contributed by atoms with E-state index in [1.54, 1.807) is 6.07 Å². The Kier molecular flexibility index (Phi) is 3.50. The molecule has 2 aromatic heterocycles. The molecule has 0 saturated heterocycles. The fraction of sp³-hybridized carbons (Fsp3) is 0.188. The third kappa shape index (κ3) is 2.68. The van der Waals surface area contributed by atoms with Gasteiger partial charge in [-0.05, 0) is 35.2 Å². The van der Waals surface area contributed by atoms with Crippen molar-refractivity contribution in [3.63, 3.8) is 0 Å². The molecular formula is C16H16N2O3. The Morgan fingerprint density at radius 1 is 1.38 bits per heavy atom. The van der Waals surface area contributed by atoms with Gasteiger partial charge in [-0.3, -0.25) is 4.79 Å². The van der Waals surface area contributed by atoms with Crippen molar-refractivity contribution < 1.29 is 14.3 Å². The molecule has 0 aliphatic heterocycles. The lowest BCUT2D eigenvalue weighted by Gasteiger charge is -2.12. The summed E-state index contributed by atoms with van der Waals surface area (Å²) in [5, 5.41) is 13.9. The fourth-order valence-corrected chi connectivity index (χ4v) is 2.31. The summed E-state index contributed by atoms with van der Waals surface area (Å²) in [7, 11) is 1.98. The number of aryl methyl sites for hydroxylation is 1. The van der Waals surface area contributed by atoms with Crippen molar-refractivity contribution in [1.29, 1.82) is 0 Å². The van der Waals surface area contributed by atoms with Gasteiger partial charge in [0.05, 0.1) is 17.9 Å². The van der Waals surface area contributed by atoms with Crippen LogP contribution in [0, 0.1) is 0 Å². The summed E-state index contributed by atoms with van der Waals surface area (Å²) in [6, 6.07) is 9.35. The standard InChI is InChI=1S/C16H16N2O3/c1-18-6-4-11-8-12(2-3-14(11)18)15(19)9-17-16(20)13-5-7-21-10-13/h2-8,10,15,19H,9H2,1H3,(H,17,20). The number of carbonyl (C=O) groups is 1. The van der Waals surface area contributed by atoms with Crippen molar-refractivity contribution >= 4 is 16.8 Å². The van der Waals surface area contributed by atoms with Crippen LogP contribution < -0.4 is 5.32 Å². The largest absolute Gasteiger partial charge is 0.472 e. The summed E-state index contributed by atoms with van der Waals surface area (Å²) >= 11 is 0. The Labute approximate surface area is 121 Å². The molecule has 1 amide bonds. The van der Waals surface area contributed by atoms with Crippen LogP contribution in [0.2, 0.25) is 0 Å². The van der Waals surface area contributed by atoms with E-state index < -0.39 is 6.10 Å². The van der Waals surface area contributed by atoms with Crippen LogP contribution in [-0.4, -0.2) is 22.1 Å². The summed E-state index contributed by atoms with van der Waals surface area (Å²) in [5.74, 6) is -0.261. The topological polar surface area (TPSA) is 67.4 Å². The molecule has 3 aromatic rings. The number of aromatic nitrogens is 1. The van der Waals surface area contributed by atoms with E-state index in [2.05, 4.69) is 5.32 Å². The number of aliphatic hydroxyl groups is 1. The minimum Gasteiger partial charge on any atom is -0.472 e. The monoisotopic (exact) mass is 284 g/mol. The fourth-order valence-electron chi connectivity index (χ4n) is 2.31. The number of nitrogens with one attached hydrogen (secondary N) is 1. The molecule has 0 aliphatic rings. The van der Waals surface area contributed by atoms with E-state index in [0.717, 1.165) is 16.5 Å². The van der Waals surface area contributed by atoms with Crippen molar-refractivity contribution in [3.05, 3.63) is 60.2 Å². The van der Waals surface area contributed by atoms with Crippen LogP contribution in [0.3, 0.4) is 0 Å². The first kappa shape index (κ1) is 13.5. The molecular weight excluding hydrogens is 268 g/mol. The second-order valence-corrected chi connectivity index (χ2v) is 4.98. The smallest absolute Gasteiger partial charge is 0.254 e. The zero-order chi connectivity index (χ0) is 14.8. The summed E-state index contributed by atoms with van der Waals surface area (Å²) in [6.07, 6.45) is 4.04. The SMILES string of the molecule is Cn1ccc2cc(C(O)CNC(=O)c3ccoc3)ccc21. The van der Waals surface area contributed by atoms with E-state index in [9.17, 15) is 9.90 Å². The summed E-state index contributed by atoms with van der Waals surface area (Å²) in [6.45, 7) is 0.155. The van der Waals surface area contributed by atoms with Crippen LogP contribution in [0.25, 0.3) is 10.9 Å². The molecule has 3 rings (SSSR count). The normalized spacial score (nSPS) is 12.5. The third-order valence-electron chi connectivity index (χ3n) is 3.53. The van der Waals surface area contributed by atoms with Gasteiger partial charge in [-0.25, -0.2) is 0 Å². The highest BCUT2D eigenvalue weighted by Gasteiger charge is 2.12. The Hall–Kier alpha value is -2.53. The number of fused-ring (bicyclic) bond motifs is 1. The number of amides is 1. The maximum Gasteiger partial charge on any atom is 0.254 e. The molecule has 2 heterocycles. The quantitative estimate of drug-likeness (QED) is 0.772. The summed E-state index contributed by atoms with van der Waals surface area (Å²) in [5.41, 5.74) is 2.33. The van der Waals surface area contributed by atoms with Gasteiger partial charge < -0.3 is 19.4 Å². The molecule has 108 valence electrons. The van der Waals surface area contributed by atoms with Crippen LogP contribution in [0.4, 0.5) is 0 Å². The highest BCUT2D eigenvalue weighted by molar-refractivity contribution is 5.93. The average molecular weight is 284 g/mol. The number of hydrogen-bond acceptors (Lipinski definition) is 3. The number of aliphatic hydroxyl groups excluding tert-OH is 1. The van der Waals surface area contributed by atoms with Gasteiger partial charge in [0.2, 0.25) is 0 Å². The first-order valence-corrected chi connectivity index (χ1v) is 6.68. The van der Waals surface area contributed by atoms with Gasteiger partial charge in [0, 0.05) is 25.3 Å². The summed E-state index contributed by atoms with van der Waals surface area (Å²) < 4.78 is 6.87. The van der Waals surface area contributed by atoms with Crippen molar-refractivity contribution in [2.45, 2.75) is 6.10 Å². The Morgan fingerprint density at radius 3 is 3.00 bits per heavy atom. The van der Waals surface area contributed by atoms with E-state index in [-0.39, 0.29) is 12.5 Å². The van der Waals surface area contributed by atoms with Crippen LogP contribution in [0.5, 0.6) is 0 Å². The zero-order valence-electron chi connectivity index (χ0n) is 11.6. The molecule has 0 radical (unpaired) electrons. The highest BCUT2D eigenvalue weighted by Crippen LogP contribution is 2.20. The molecule has 0 fully saturated rings. The van der Waals surface area contributed by atoms with Gasteiger partial charge in [-0.15, -0.1) is 0 Å². The van der Waals surface area contributed by atoms with E-state index >= 15 is 0 Å². The van der Waals surface area contributed by atoms with E-state index in [1.165, 1.54) is 12.5 Å². The Bertz CT molecular complexity index is 759. The lowest BCUT2D eigenvalue weighted by atomic mass is 10.1. The molecule has 2 N–H and O–H groups in total. The number of rotatable bonds is 4. The number of hydrogen-bond donors (Lipinski definition) is 2. The molecule has 5 heteroatoms. The lowest BCUT2D eigenvalue weighted by molar-refractivity contribution is 0.0916. The van der Waals surface area contributed by atoms with Gasteiger partial charge in [0.15, 0.2) is 0 Å². The second kappa shape index (κ2) is 5.46. The van der Waals surface area contributed by atoms with Crippen molar-refractivity contribution in [2.24, 2.45) is 7.05 Å². The van der Waals surface area contributed by atoms with Crippen molar-refractivity contribution in [1.82, 2.24) is 9.88 Å². The van der Waals surface area contributed by atoms with Gasteiger partial charge in [0.25, 0.3) is 5.91 Å². The first-order valence-electron chi connectivity index (χ1n) is 6.68. The minimum absolute atomic E-state index is 0.155. The number of carbonyl (C=O) groups excluding carboxylic acids is 1. The zero-order valence-corrected chi connectivity index (χ0v) is 11.6. The van der Waals surface area contributed by atoms with Gasteiger partial charge >= 0.3 is 0 Å². The van der Waals surface area contributed by atoms with Crippen LogP contribution >= 0.6 is 0 Å². The first-order chi connectivity index (χ1) is 10.1. The van der Waals surface area contributed by atoms with Crippen molar-refractivity contribution in [2.75, 3.05) is 6.54 Å². The summed E-state index contributed by atoms with van der Waals surface area (Å²) in [4.78, 5) is 11.8. The highest BCUT2D eigenvalue weighted by atomic mass is 16.3. The van der Waals surface area contributed by atoms with E-state index in [4.69, 9.17) is 4.42 Å². The average Bonchev–Trinajstić information content (AvgIpc) is 3.14. The maximum atomic E-state index is 11.8. The molecule has 1 atom stereocenters. The minimum atomic E-state index is -0.745. The van der Waals surface area contributed by atoms with Gasteiger partial charge in [-0.1, -0.05) is 6.07 Å². The molecule has 1 unspecified atom stereocenters. The molecule has 0 spiro atoms. The molecule has 1 aromatic carbocycles. The molecule has 0 aliphatic carbocycles. The predicted molar refractivity (Wildman–Crippen MR) is 78.9 cm³/mol. The number of furan rings is 1. The lowest BCUT2D eigenvalue weighted by Crippen LogP contribution is -2.28. The third-order valence-corrected chi connectivity index (χ3v) is 3.53. The molecule has 5 nitrogen and oxygen atoms in total. The van der Waals surface area contributed by atoms with Crippen LogP contribution in [0.15, 0.2) is 53.5 Å². The van der Waals surface area contributed by atoms with E-state index in [1.807, 2.05) is 42.1 Å². The Balaban J connectivity index is 1.69. The van der Waals surface area contributed by atoms with E-state index in [0.29, 0.717) is 5.56 Å². The number of benzene rings is 1. The molecule has 21 heavy (non-hydrogen) atoms. The van der Waals surface area contributed by atoms with Crippen molar-refractivity contribution in [3.8, 4) is 0 Å². The van der Waals surface area contributed by atoms with Crippen LogP contribution in [-0.2, 0) is 7.05 Å². The second-order valence-electron chi connectivity index (χ2n) is 4.98. The number of nitrogens with zero attached hydrogens (tertiary/aromatic N) is 1. The van der Waals surface area contributed by atoms with Gasteiger partial charge in [0.1, 0.15) is 6.26 Å². The predicted octanol–water partition coefficient (Wildman–Crippen LogP) is 2.23. The van der Waals surface area contributed by atoms with Crippen LogP contribution in [0.1, 0.15) is 22.0 Å². The maximum absolute atomic E-state index is 11.8. The molecule has 0 bridgehead atoms. The van der Waals surface area contributed by atoms with Gasteiger partial charge in [-0.2, -0.15) is 0 Å². The Morgan fingerprint density at radius 2 is 2.24 bits per heavy atom. The molecule has 0 saturated carbocycles.